The Morgan fingerprint density at radius 2 is 1.70 bits per heavy atom. The minimum atomic E-state index is 0.541. The van der Waals surface area contributed by atoms with E-state index < -0.39 is 0 Å². The van der Waals surface area contributed by atoms with Gasteiger partial charge in [-0.25, -0.2) is 4.98 Å². The van der Waals surface area contributed by atoms with Crippen molar-refractivity contribution in [1.29, 1.82) is 0 Å². The Kier molecular flexibility index (Phi) is 2.71. The van der Waals surface area contributed by atoms with Crippen molar-refractivity contribution in [2.45, 2.75) is 65.3 Å². The normalized spacial score (nSPS) is 38.6. The van der Waals surface area contributed by atoms with Gasteiger partial charge in [-0.05, 0) is 75.0 Å². The molecule has 4 bridgehead atoms. The van der Waals surface area contributed by atoms with E-state index >= 15 is 0 Å². The molecule has 4 saturated carbocycles. The third-order valence-corrected chi connectivity index (χ3v) is 6.27. The van der Waals surface area contributed by atoms with Crippen molar-refractivity contribution in [2.75, 3.05) is 5.73 Å². The number of rotatable bonds is 3. The second kappa shape index (κ2) is 4.25. The largest absolute Gasteiger partial charge is 0.384 e. The van der Waals surface area contributed by atoms with Crippen LogP contribution in [0.4, 0.5) is 5.82 Å². The molecular weight excluding hydrogens is 246 g/mol. The summed E-state index contributed by atoms with van der Waals surface area (Å²) in [6.45, 7) is 5.39. The quantitative estimate of drug-likeness (QED) is 0.915. The molecule has 0 atom stereocenters. The van der Waals surface area contributed by atoms with E-state index in [9.17, 15) is 0 Å². The number of nitrogens with zero attached hydrogens (tertiary/aromatic N) is 2. The minimum absolute atomic E-state index is 0.541. The maximum atomic E-state index is 6.34. The zero-order chi connectivity index (χ0) is 13.9. The van der Waals surface area contributed by atoms with Crippen LogP contribution in [0.2, 0.25) is 0 Å². The number of nitrogen functional groups attached to an aromatic ring is 1. The van der Waals surface area contributed by atoms with Gasteiger partial charge in [0.2, 0.25) is 0 Å². The van der Waals surface area contributed by atoms with Crippen molar-refractivity contribution >= 4 is 5.82 Å². The predicted octanol–water partition coefficient (Wildman–Crippen LogP) is 3.55. The van der Waals surface area contributed by atoms with Gasteiger partial charge in [0.25, 0.3) is 0 Å². The summed E-state index contributed by atoms with van der Waals surface area (Å²) in [6.07, 6.45) is 9.81. The molecule has 4 fully saturated rings. The van der Waals surface area contributed by atoms with Crippen LogP contribution in [0.3, 0.4) is 0 Å². The maximum Gasteiger partial charge on any atom is 0.126 e. The number of aryl methyl sites for hydroxylation is 2. The molecule has 2 N–H and O–H groups in total. The van der Waals surface area contributed by atoms with Crippen LogP contribution in [0, 0.1) is 30.1 Å². The average molecular weight is 273 g/mol. The maximum absolute atomic E-state index is 6.34. The molecule has 1 heterocycles. The molecule has 5 rings (SSSR count). The average Bonchev–Trinajstić information content (AvgIpc) is 2.64. The molecule has 0 radical (unpaired) electrons. The summed E-state index contributed by atoms with van der Waals surface area (Å²) in [7, 11) is 0. The zero-order valence-corrected chi connectivity index (χ0v) is 12.9. The third-order valence-electron chi connectivity index (χ3n) is 6.27. The molecule has 20 heavy (non-hydrogen) atoms. The van der Waals surface area contributed by atoms with E-state index in [1.807, 2.05) is 0 Å². The predicted molar refractivity (Wildman–Crippen MR) is 81.4 cm³/mol. The third kappa shape index (κ3) is 1.82. The lowest BCUT2D eigenvalue weighted by Crippen LogP contribution is -2.48. The molecule has 110 valence electrons. The van der Waals surface area contributed by atoms with Crippen LogP contribution < -0.4 is 5.73 Å². The molecule has 0 saturated heterocycles. The van der Waals surface area contributed by atoms with Gasteiger partial charge in [0.15, 0.2) is 0 Å². The summed E-state index contributed by atoms with van der Waals surface area (Å²) >= 11 is 0. The molecular formula is C17H27N3. The van der Waals surface area contributed by atoms with Crippen molar-refractivity contribution in [2.24, 2.45) is 23.2 Å². The molecule has 0 aromatic carbocycles. The summed E-state index contributed by atoms with van der Waals surface area (Å²) < 4.78 is 2.33. The van der Waals surface area contributed by atoms with Gasteiger partial charge in [-0.1, -0.05) is 6.92 Å². The van der Waals surface area contributed by atoms with Gasteiger partial charge < -0.3 is 10.3 Å². The molecule has 3 nitrogen and oxygen atoms in total. The monoisotopic (exact) mass is 273 g/mol. The minimum Gasteiger partial charge on any atom is -0.384 e. The summed E-state index contributed by atoms with van der Waals surface area (Å²) in [5, 5.41) is 0. The first-order valence-corrected chi connectivity index (χ1v) is 8.40. The van der Waals surface area contributed by atoms with Crippen LogP contribution >= 0.6 is 0 Å². The Balaban J connectivity index is 1.64. The van der Waals surface area contributed by atoms with E-state index in [0.717, 1.165) is 48.1 Å². The SMILES string of the molecule is CCc1nc(C)n(CC23CC4CC(CC(C4)C2)C3)c1N. The fourth-order valence-corrected chi connectivity index (χ4v) is 5.92. The fourth-order valence-electron chi connectivity index (χ4n) is 5.92. The number of hydrogen-bond donors (Lipinski definition) is 1. The standard InChI is InChI=1S/C17H27N3/c1-3-15-16(18)20(11(2)19-15)10-17-7-12-4-13(8-17)6-14(5-12)9-17/h12-14H,3-10,18H2,1-2H3. The second-order valence-corrected chi connectivity index (χ2v) is 7.85. The molecule has 0 amide bonds. The summed E-state index contributed by atoms with van der Waals surface area (Å²) in [4.78, 5) is 4.66. The van der Waals surface area contributed by atoms with Crippen molar-refractivity contribution in [3.05, 3.63) is 11.5 Å². The van der Waals surface area contributed by atoms with Gasteiger partial charge >= 0.3 is 0 Å². The lowest BCUT2D eigenvalue weighted by atomic mass is 9.49. The van der Waals surface area contributed by atoms with Crippen LogP contribution in [0.25, 0.3) is 0 Å². The van der Waals surface area contributed by atoms with Crippen LogP contribution in [-0.2, 0) is 13.0 Å². The van der Waals surface area contributed by atoms with Gasteiger partial charge in [0.1, 0.15) is 11.6 Å². The highest BCUT2D eigenvalue weighted by molar-refractivity contribution is 5.38. The highest BCUT2D eigenvalue weighted by Crippen LogP contribution is 2.60. The highest BCUT2D eigenvalue weighted by atomic mass is 15.1. The molecule has 1 aromatic rings. The molecule has 0 unspecified atom stereocenters. The van der Waals surface area contributed by atoms with Crippen molar-refractivity contribution in [3.8, 4) is 0 Å². The molecule has 4 aliphatic rings. The van der Waals surface area contributed by atoms with Crippen LogP contribution in [0.5, 0.6) is 0 Å². The highest BCUT2D eigenvalue weighted by Gasteiger charge is 2.51. The smallest absolute Gasteiger partial charge is 0.126 e. The Labute approximate surface area is 122 Å². The summed E-state index contributed by atoms with van der Waals surface area (Å²) in [5.74, 6) is 5.08. The first-order valence-electron chi connectivity index (χ1n) is 8.40. The van der Waals surface area contributed by atoms with E-state index in [-0.39, 0.29) is 0 Å². The number of aromatic nitrogens is 2. The van der Waals surface area contributed by atoms with Crippen molar-refractivity contribution in [1.82, 2.24) is 9.55 Å². The molecule has 0 aliphatic heterocycles. The van der Waals surface area contributed by atoms with Gasteiger partial charge in [0.05, 0.1) is 5.69 Å². The number of imidazole rings is 1. The topological polar surface area (TPSA) is 43.8 Å². The summed E-state index contributed by atoms with van der Waals surface area (Å²) in [6, 6.07) is 0. The zero-order valence-electron chi connectivity index (χ0n) is 12.9. The second-order valence-electron chi connectivity index (χ2n) is 7.85. The van der Waals surface area contributed by atoms with Gasteiger partial charge in [-0.15, -0.1) is 0 Å². The van der Waals surface area contributed by atoms with E-state index in [0.29, 0.717) is 5.41 Å². The van der Waals surface area contributed by atoms with Crippen LogP contribution in [0.1, 0.15) is 57.0 Å². The van der Waals surface area contributed by atoms with Crippen molar-refractivity contribution in [3.63, 3.8) is 0 Å². The number of nitrogens with two attached hydrogens (primary N) is 1. The summed E-state index contributed by atoms with van der Waals surface area (Å²) in [5.41, 5.74) is 7.98. The molecule has 0 spiro atoms. The number of hydrogen-bond acceptors (Lipinski definition) is 2. The van der Waals surface area contributed by atoms with Gasteiger partial charge in [-0.3, -0.25) is 0 Å². The van der Waals surface area contributed by atoms with E-state index in [4.69, 9.17) is 5.73 Å². The Hall–Kier alpha value is -0.990. The van der Waals surface area contributed by atoms with E-state index in [2.05, 4.69) is 23.4 Å². The van der Waals surface area contributed by atoms with Crippen LogP contribution in [-0.4, -0.2) is 9.55 Å². The first kappa shape index (κ1) is 12.7. The van der Waals surface area contributed by atoms with Crippen molar-refractivity contribution < 1.29 is 0 Å². The van der Waals surface area contributed by atoms with Crippen LogP contribution in [0.15, 0.2) is 0 Å². The first-order chi connectivity index (χ1) is 9.58. The van der Waals surface area contributed by atoms with E-state index in [1.165, 1.54) is 38.5 Å². The fraction of sp³-hybridized carbons (Fsp3) is 0.824. The number of anilines is 1. The van der Waals surface area contributed by atoms with Gasteiger partial charge in [-0.2, -0.15) is 0 Å². The lowest BCUT2D eigenvalue weighted by molar-refractivity contribution is -0.0618. The Bertz CT molecular complexity index is 493. The molecule has 4 aliphatic carbocycles. The van der Waals surface area contributed by atoms with E-state index in [1.54, 1.807) is 0 Å². The lowest BCUT2D eigenvalue weighted by Gasteiger charge is -2.57. The Morgan fingerprint density at radius 3 is 2.15 bits per heavy atom. The molecule has 1 aromatic heterocycles. The Morgan fingerprint density at radius 1 is 1.15 bits per heavy atom. The molecule has 3 heteroatoms. The van der Waals surface area contributed by atoms with Gasteiger partial charge in [0, 0.05) is 6.54 Å².